The second-order valence-electron chi connectivity index (χ2n) is 2.48. The molecule has 74 valence electrons. The van der Waals surface area contributed by atoms with Crippen molar-refractivity contribution in [2.75, 3.05) is 5.73 Å². The number of nitrogens with two attached hydrogens (primary N) is 1. The normalized spacial score (nSPS) is 14.4. The van der Waals surface area contributed by atoms with Crippen LogP contribution in [0.15, 0.2) is 6.33 Å². The average molecular weight is 215 g/mol. The highest BCUT2D eigenvalue weighted by Gasteiger charge is 2.24. The molecule has 1 aromatic heterocycles. The van der Waals surface area contributed by atoms with E-state index in [9.17, 15) is 5.11 Å². The van der Waals surface area contributed by atoms with Gasteiger partial charge in [0, 0.05) is 0 Å². The minimum atomic E-state index is -1.61. The van der Waals surface area contributed by atoms with Gasteiger partial charge in [-0.1, -0.05) is 11.6 Å². The Hall–Kier alpha value is -1.42. The largest absolute Gasteiger partial charge is 0.384 e. The highest BCUT2D eigenvalue weighted by atomic mass is 35.5. The van der Waals surface area contributed by atoms with E-state index in [0.717, 1.165) is 6.33 Å². The van der Waals surface area contributed by atoms with Crippen molar-refractivity contribution in [1.29, 1.82) is 5.26 Å². The molecule has 1 heterocycles. The third kappa shape index (κ3) is 1.90. The van der Waals surface area contributed by atoms with E-state index >= 15 is 0 Å². The first-order valence-corrected chi connectivity index (χ1v) is 3.97. The first kappa shape index (κ1) is 10.7. The fraction of sp³-hybridized carbons (Fsp3) is 0.286. The zero-order valence-electron chi connectivity index (χ0n) is 6.92. The third-order valence-electron chi connectivity index (χ3n) is 1.59. The van der Waals surface area contributed by atoms with Gasteiger partial charge in [-0.15, -0.1) is 0 Å². The lowest BCUT2D eigenvalue weighted by molar-refractivity contribution is 0.0529. The molecule has 0 aliphatic carbocycles. The van der Waals surface area contributed by atoms with E-state index in [0.29, 0.717) is 0 Å². The molecule has 0 saturated heterocycles. The van der Waals surface area contributed by atoms with Crippen LogP contribution < -0.4 is 5.73 Å². The van der Waals surface area contributed by atoms with Gasteiger partial charge in [-0.25, -0.2) is 9.97 Å². The number of aromatic nitrogens is 2. The number of nitriles is 1. The summed E-state index contributed by atoms with van der Waals surface area (Å²) in [4.78, 5) is 7.15. The Bertz CT molecular complexity index is 358. The van der Waals surface area contributed by atoms with Crippen LogP contribution >= 0.6 is 11.6 Å². The first-order valence-electron chi connectivity index (χ1n) is 3.59. The van der Waals surface area contributed by atoms with E-state index in [1.165, 1.54) is 6.07 Å². The zero-order valence-corrected chi connectivity index (χ0v) is 7.68. The molecule has 0 aliphatic rings. The van der Waals surface area contributed by atoms with E-state index in [-0.39, 0.29) is 16.5 Å². The maximum absolute atomic E-state index is 9.43. The van der Waals surface area contributed by atoms with Crippen LogP contribution in [0.2, 0.25) is 5.15 Å². The van der Waals surface area contributed by atoms with Gasteiger partial charge in [-0.3, -0.25) is 0 Å². The lowest BCUT2D eigenvalue weighted by Crippen LogP contribution is -2.18. The topological polar surface area (TPSA) is 116 Å². The summed E-state index contributed by atoms with van der Waals surface area (Å²) in [6.45, 7) is 0. The molecule has 4 N–H and O–H groups in total. The third-order valence-corrected chi connectivity index (χ3v) is 1.89. The Morgan fingerprint density at radius 3 is 2.64 bits per heavy atom. The molecule has 1 aromatic rings. The summed E-state index contributed by atoms with van der Waals surface area (Å²) in [6, 6.07) is 1.45. The molecule has 7 heteroatoms. The highest BCUT2D eigenvalue weighted by molar-refractivity contribution is 6.30. The number of nitrogen functional groups attached to an aromatic ring is 1. The number of aliphatic hydroxyl groups is 2. The smallest absolute Gasteiger partial charge is 0.170 e. The van der Waals surface area contributed by atoms with Gasteiger partial charge in [0.1, 0.15) is 23.4 Å². The standard InChI is InChI=1S/C7H7ClN4O2/c8-6-4(5(14)3(13)1-9)7(10)12-2-11-6/h2-3,5,13-14H,(H2,10,11,12). The molecule has 0 aromatic carbocycles. The van der Waals surface area contributed by atoms with Crippen molar-refractivity contribution in [3.63, 3.8) is 0 Å². The van der Waals surface area contributed by atoms with Crippen molar-refractivity contribution in [1.82, 2.24) is 9.97 Å². The fourth-order valence-electron chi connectivity index (χ4n) is 0.889. The quantitative estimate of drug-likeness (QED) is 0.457. The molecular formula is C7H7ClN4O2. The summed E-state index contributed by atoms with van der Waals surface area (Å²) in [5.74, 6) is -0.0631. The van der Waals surface area contributed by atoms with Crippen LogP contribution in [0.1, 0.15) is 11.7 Å². The summed E-state index contributed by atoms with van der Waals surface area (Å²) in [5.41, 5.74) is 5.36. The second kappa shape index (κ2) is 4.19. The number of halogens is 1. The van der Waals surface area contributed by atoms with Crippen molar-refractivity contribution in [3.8, 4) is 6.07 Å². The van der Waals surface area contributed by atoms with Gasteiger partial charge in [0.15, 0.2) is 6.10 Å². The Labute approximate surface area is 84.6 Å². The number of hydrogen-bond acceptors (Lipinski definition) is 6. The number of nitrogens with zero attached hydrogens (tertiary/aromatic N) is 3. The molecule has 2 unspecified atom stereocenters. The van der Waals surface area contributed by atoms with Crippen molar-refractivity contribution in [3.05, 3.63) is 17.0 Å². The van der Waals surface area contributed by atoms with Crippen LogP contribution in [0, 0.1) is 11.3 Å². The summed E-state index contributed by atoms with van der Waals surface area (Å²) in [7, 11) is 0. The average Bonchev–Trinajstić information content (AvgIpc) is 2.16. The Balaban J connectivity index is 3.13. The van der Waals surface area contributed by atoms with Crippen molar-refractivity contribution >= 4 is 17.4 Å². The van der Waals surface area contributed by atoms with Gasteiger partial charge >= 0.3 is 0 Å². The summed E-state index contributed by atoms with van der Waals surface area (Å²) in [6.07, 6.45) is -2.00. The van der Waals surface area contributed by atoms with Gasteiger partial charge in [0.05, 0.1) is 11.6 Å². The van der Waals surface area contributed by atoms with Crippen molar-refractivity contribution in [2.24, 2.45) is 0 Å². The predicted molar refractivity (Wildman–Crippen MR) is 48.0 cm³/mol. The SMILES string of the molecule is N#CC(O)C(O)c1c(N)ncnc1Cl. The second-order valence-corrected chi connectivity index (χ2v) is 2.84. The lowest BCUT2D eigenvalue weighted by Gasteiger charge is -2.13. The number of rotatable bonds is 2. The number of aliphatic hydroxyl groups excluding tert-OH is 2. The lowest BCUT2D eigenvalue weighted by atomic mass is 10.1. The molecule has 0 bridgehead atoms. The maximum atomic E-state index is 9.43. The Morgan fingerprint density at radius 1 is 1.50 bits per heavy atom. The van der Waals surface area contributed by atoms with Gasteiger partial charge in [-0.05, 0) is 0 Å². The molecule has 2 atom stereocenters. The molecular weight excluding hydrogens is 208 g/mol. The van der Waals surface area contributed by atoms with E-state index in [4.69, 9.17) is 27.7 Å². The number of hydrogen-bond donors (Lipinski definition) is 3. The molecule has 0 aliphatic heterocycles. The van der Waals surface area contributed by atoms with Crippen molar-refractivity contribution in [2.45, 2.75) is 12.2 Å². The van der Waals surface area contributed by atoms with E-state index in [1.807, 2.05) is 0 Å². The predicted octanol–water partition coefficient (Wildman–Crippen LogP) is -0.370. The fourth-order valence-corrected chi connectivity index (χ4v) is 1.14. The Morgan fingerprint density at radius 2 is 2.14 bits per heavy atom. The van der Waals surface area contributed by atoms with Gasteiger partial charge in [0.25, 0.3) is 0 Å². The molecule has 0 saturated carbocycles. The van der Waals surface area contributed by atoms with Crippen LogP contribution in [0.25, 0.3) is 0 Å². The highest BCUT2D eigenvalue weighted by Crippen LogP contribution is 2.26. The minimum absolute atomic E-state index is 0.0387. The van der Waals surface area contributed by atoms with Crippen LogP contribution in [-0.2, 0) is 0 Å². The minimum Gasteiger partial charge on any atom is -0.384 e. The zero-order chi connectivity index (χ0) is 10.7. The summed E-state index contributed by atoms with van der Waals surface area (Å²) < 4.78 is 0. The molecule has 1 rings (SSSR count). The summed E-state index contributed by atoms with van der Waals surface area (Å²) >= 11 is 5.61. The van der Waals surface area contributed by atoms with E-state index in [2.05, 4.69) is 9.97 Å². The summed E-state index contributed by atoms with van der Waals surface area (Å²) in [5, 5.41) is 26.8. The van der Waals surface area contributed by atoms with E-state index < -0.39 is 12.2 Å². The Kier molecular flexibility index (Phi) is 3.19. The van der Waals surface area contributed by atoms with Crippen LogP contribution in [-0.4, -0.2) is 26.3 Å². The van der Waals surface area contributed by atoms with Crippen LogP contribution in [0.4, 0.5) is 5.82 Å². The van der Waals surface area contributed by atoms with Crippen LogP contribution in [0.5, 0.6) is 0 Å². The first-order chi connectivity index (χ1) is 6.57. The monoisotopic (exact) mass is 214 g/mol. The van der Waals surface area contributed by atoms with Gasteiger partial charge < -0.3 is 15.9 Å². The van der Waals surface area contributed by atoms with Gasteiger partial charge in [-0.2, -0.15) is 5.26 Å². The maximum Gasteiger partial charge on any atom is 0.170 e. The van der Waals surface area contributed by atoms with E-state index in [1.54, 1.807) is 0 Å². The molecule has 0 spiro atoms. The molecule has 0 fully saturated rings. The van der Waals surface area contributed by atoms with Crippen molar-refractivity contribution < 1.29 is 10.2 Å². The molecule has 14 heavy (non-hydrogen) atoms. The molecule has 0 radical (unpaired) electrons. The van der Waals surface area contributed by atoms with Gasteiger partial charge in [0.2, 0.25) is 0 Å². The number of anilines is 1. The van der Waals surface area contributed by atoms with Crippen LogP contribution in [0.3, 0.4) is 0 Å². The molecule has 0 amide bonds. The molecule has 6 nitrogen and oxygen atoms in total.